The molecule has 0 bridgehead atoms. The molecule has 104 valence electrons. The van der Waals surface area contributed by atoms with E-state index >= 15 is 0 Å². The van der Waals surface area contributed by atoms with Crippen molar-refractivity contribution in [3.8, 4) is 0 Å². The van der Waals surface area contributed by atoms with Crippen LogP contribution in [0.2, 0.25) is 0 Å². The lowest BCUT2D eigenvalue weighted by Gasteiger charge is -2.22. The van der Waals surface area contributed by atoms with Crippen LogP contribution in [0.4, 0.5) is 0 Å². The monoisotopic (exact) mass is 257 g/mol. The van der Waals surface area contributed by atoms with E-state index in [0.717, 1.165) is 18.5 Å². The lowest BCUT2D eigenvalue weighted by molar-refractivity contribution is 0.443. The molecular formula is C18H27N. The molecule has 3 rings (SSSR count). The Balaban J connectivity index is 1.52. The molecular weight excluding hydrogens is 230 g/mol. The summed E-state index contributed by atoms with van der Waals surface area (Å²) in [5.41, 5.74) is 3.02. The van der Waals surface area contributed by atoms with Crippen LogP contribution in [0, 0.1) is 0 Å². The highest BCUT2D eigenvalue weighted by molar-refractivity contribution is 5.25. The van der Waals surface area contributed by atoms with Gasteiger partial charge in [-0.05, 0) is 42.7 Å². The van der Waals surface area contributed by atoms with Crippen molar-refractivity contribution in [3.63, 3.8) is 0 Å². The van der Waals surface area contributed by atoms with E-state index in [1.54, 1.807) is 5.56 Å². The van der Waals surface area contributed by atoms with Crippen molar-refractivity contribution < 1.29 is 0 Å². The summed E-state index contributed by atoms with van der Waals surface area (Å²) in [6.07, 6.45) is 12.7. The minimum Gasteiger partial charge on any atom is -0.310 e. The highest BCUT2D eigenvalue weighted by atomic mass is 14.9. The molecule has 0 spiro atoms. The maximum atomic E-state index is 3.70. The van der Waals surface area contributed by atoms with E-state index in [9.17, 15) is 0 Å². The molecule has 2 aliphatic carbocycles. The lowest BCUT2D eigenvalue weighted by atomic mass is 9.84. The Morgan fingerprint density at radius 1 is 0.789 bits per heavy atom. The SMILES string of the molecule is c1cc(C2CCCCC2)ccc1CNC1CCCC1. The van der Waals surface area contributed by atoms with Crippen LogP contribution in [-0.2, 0) is 6.54 Å². The topological polar surface area (TPSA) is 12.0 Å². The average molecular weight is 257 g/mol. The molecule has 0 unspecified atom stereocenters. The minimum atomic E-state index is 0.776. The predicted octanol–water partition coefficient (Wildman–Crippen LogP) is 4.77. The smallest absolute Gasteiger partial charge is 0.0208 e. The van der Waals surface area contributed by atoms with Crippen molar-refractivity contribution in [2.75, 3.05) is 0 Å². The zero-order valence-corrected chi connectivity index (χ0v) is 12.0. The molecule has 0 saturated heterocycles. The average Bonchev–Trinajstić information content (AvgIpc) is 3.00. The number of hydrogen-bond donors (Lipinski definition) is 1. The maximum Gasteiger partial charge on any atom is 0.0208 e. The zero-order valence-electron chi connectivity index (χ0n) is 12.0. The van der Waals surface area contributed by atoms with Gasteiger partial charge in [-0.2, -0.15) is 0 Å². The fraction of sp³-hybridized carbons (Fsp3) is 0.667. The van der Waals surface area contributed by atoms with Crippen LogP contribution in [0.3, 0.4) is 0 Å². The van der Waals surface area contributed by atoms with Crippen molar-refractivity contribution in [2.45, 2.75) is 76.3 Å². The first kappa shape index (κ1) is 13.2. The molecule has 1 aromatic rings. The van der Waals surface area contributed by atoms with Crippen molar-refractivity contribution in [1.82, 2.24) is 5.32 Å². The van der Waals surface area contributed by atoms with E-state index in [1.807, 2.05) is 0 Å². The lowest BCUT2D eigenvalue weighted by Crippen LogP contribution is -2.25. The summed E-state index contributed by atoms with van der Waals surface area (Å²) in [5, 5.41) is 3.70. The van der Waals surface area contributed by atoms with E-state index < -0.39 is 0 Å². The molecule has 1 nitrogen and oxygen atoms in total. The molecule has 2 saturated carbocycles. The fourth-order valence-electron chi connectivity index (χ4n) is 3.74. The molecule has 0 aliphatic heterocycles. The van der Waals surface area contributed by atoms with Crippen LogP contribution in [0.25, 0.3) is 0 Å². The second-order valence-corrected chi connectivity index (χ2v) is 6.44. The quantitative estimate of drug-likeness (QED) is 0.819. The van der Waals surface area contributed by atoms with Crippen LogP contribution >= 0.6 is 0 Å². The molecule has 1 heteroatoms. The van der Waals surface area contributed by atoms with E-state index in [4.69, 9.17) is 0 Å². The number of hydrogen-bond acceptors (Lipinski definition) is 1. The van der Waals surface area contributed by atoms with Gasteiger partial charge in [0.25, 0.3) is 0 Å². The van der Waals surface area contributed by atoms with Crippen LogP contribution in [-0.4, -0.2) is 6.04 Å². The van der Waals surface area contributed by atoms with Gasteiger partial charge >= 0.3 is 0 Å². The van der Waals surface area contributed by atoms with Crippen LogP contribution in [0.5, 0.6) is 0 Å². The molecule has 19 heavy (non-hydrogen) atoms. The Bertz CT molecular complexity index is 369. The first-order chi connectivity index (χ1) is 9.42. The zero-order chi connectivity index (χ0) is 12.9. The van der Waals surface area contributed by atoms with Crippen molar-refractivity contribution in [2.24, 2.45) is 0 Å². The van der Waals surface area contributed by atoms with Gasteiger partial charge in [-0.25, -0.2) is 0 Å². The second kappa shape index (κ2) is 6.56. The van der Waals surface area contributed by atoms with Crippen LogP contribution < -0.4 is 5.32 Å². The summed E-state index contributed by atoms with van der Waals surface area (Å²) >= 11 is 0. The maximum absolute atomic E-state index is 3.70. The normalized spacial score (nSPS) is 21.9. The Hall–Kier alpha value is -0.820. The van der Waals surface area contributed by atoms with Gasteiger partial charge in [0.15, 0.2) is 0 Å². The first-order valence-electron chi connectivity index (χ1n) is 8.24. The Kier molecular flexibility index (Phi) is 4.55. The summed E-state index contributed by atoms with van der Waals surface area (Å²) in [6.45, 7) is 1.05. The third kappa shape index (κ3) is 3.60. The van der Waals surface area contributed by atoms with Gasteiger partial charge in [0.05, 0.1) is 0 Å². The van der Waals surface area contributed by atoms with Gasteiger partial charge in [-0.15, -0.1) is 0 Å². The molecule has 0 amide bonds. The predicted molar refractivity (Wildman–Crippen MR) is 81.4 cm³/mol. The van der Waals surface area contributed by atoms with Crippen molar-refractivity contribution >= 4 is 0 Å². The molecule has 1 N–H and O–H groups in total. The third-order valence-corrected chi connectivity index (χ3v) is 5.01. The van der Waals surface area contributed by atoms with E-state index in [1.165, 1.54) is 63.4 Å². The molecule has 0 radical (unpaired) electrons. The van der Waals surface area contributed by atoms with E-state index in [2.05, 4.69) is 29.6 Å². The van der Waals surface area contributed by atoms with Gasteiger partial charge in [-0.3, -0.25) is 0 Å². The van der Waals surface area contributed by atoms with Gasteiger partial charge in [0.2, 0.25) is 0 Å². The standard InChI is InChI=1S/C18H27N/c1-2-6-16(7-3-1)17-12-10-15(11-13-17)14-19-18-8-4-5-9-18/h10-13,16,18-19H,1-9,14H2. The molecule has 0 aromatic heterocycles. The summed E-state index contributed by atoms with van der Waals surface area (Å²) < 4.78 is 0. The molecule has 1 aromatic carbocycles. The fourth-order valence-corrected chi connectivity index (χ4v) is 3.74. The van der Waals surface area contributed by atoms with Gasteiger partial charge in [-0.1, -0.05) is 56.4 Å². The van der Waals surface area contributed by atoms with Crippen molar-refractivity contribution in [3.05, 3.63) is 35.4 Å². The van der Waals surface area contributed by atoms with Gasteiger partial charge in [0.1, 0.15) is 0 Å². The highest BCUT2D eigenvalue weighted by Gasteiger charge is 2.16. The number of nitrogens with one attached hydrogen (secondary N) is 1. The Morgan fingerprint density at radius 3 is 2.11 bits per heavy atom. The summed E-state index contributed by atoms with van der Waals surface area (Å²) in [7, 11) is 0. The largest absolute Gasteiger partial charge is 0.310 e. The van der Waals surface area contributed by atoms with Crippen LogP contribution in [0.1, 0.15) is 74.8 Å². The molecule has 2 fully saturated rings. The highest BCUT2D eigenvalue weighted by Crippen LogP contribution is 2.32. The van der Waals surface area contributed by atoms with E-state index in [0.29, 0.717) is 0 Å². The van der Waals surface area contributed by atoms with Gasteiger partial charge in [0, 0.05) is 12.6 Å². The second-order valence-electron chi connectivity index (χ2n) is 6.44. The molecule has 0 heterocycles. The minimum absolute atomic E-state index is 0.776. The summed E-state index contributed by atoms with van der Waals surface area (Å²) in [6, 6.07) is 10.2. The summed E-state index contributed by atoms with van der Waals surface area (Å²) in [4.78, 5) is 0. The number of benzene rings is 1. The third-order valence-electron chi connectivity index (χ3n) is 5.01. The molecule has 0 atom stereocenters. The number of rotatable bonds is 4. The summed E-state index contributed by atoms with van der Waals surface area (Å²) in [5.74, 6) is 0.839. The van der Waals surface area contributed by atoms with Gasteiger partial charge < -0.3 is 5.32 Å². The van der Waals surface area contributed by atoms with Crippen LogP contribution in [0.15, 0.2) is 24.3 Å². The van der Waals surface area contributed by atoms with Crippen molar-refractivity contribution in [1.29, 1.82) is 0 Å². The molecule has 2 aliphatic rings. The Morgan fingerprint density at radius 2 is 1.42 bits per heavy atom. The van der Waals surface area contributed by atoms with E-state index in [-0.39, 0.29) is 0 Å². The first-order valence-corrected chi connectivity index (χ1v) is 8.24. The Labute approximate surface area is 117 Å².